The minimum Gasteiger partial charge on any atom is -0.479 e. The van der Waals surface area contributed by atoms with Gasteiger partial charge in [-0.1, -0.05) is 0 Å². The Hall–Kier alpha value is -2.58. The van der Waals surface area contributed by atoms with E-state index in [9.17, 15) is 22.0 Å². The van der Waals surface area contributed by atoms with Crippen LogP contribution in [0.4, 0.5) is 39.1 Å². The van der Waals surface area contributed by atoms with E-state index in [1.54, 1.807) is 0 Å². The minimum absolute atomic E-state index is 0.0659. The third-order valence-corrected chi connectivity index (χ3v) is 2.55. The Morgan fingerprint density at radius 3 is 2.00 bits per heavy atom. The zero-order chi connectivity index (χ0) is 15.7. The average molecular weight is 305 g/mol. The Morgan fingerprint density at radius 2 is 1.48 bits per heavy atom. The minimum atomic E-state index is -2.24. The largest absolute Gasteiger partial charge is 0.479 e. The van der Waals surface area contributed by atoms with Crippen LogP contribution >= 0.6 is 0 Å². The van der Waals surface area contributed by atoms with Crippen LogP contribution in [0, 0.1) is 29.1 Å². The molecular weight excluding hydrogens is 297 g/mol. The summed E-state index contributed by atoms with van der Waals surface area (Å²) in [6.45, 7) is 0. The van der Waals surface area contributed by atoms with E-state index in [-0.39, 0.29) is 17.4 Å². The van der Waals surface area contributed by atoms with Crippen LogP contribution in [0.15, 0.2) is 12.1 Å². The first-order chi connectivity index (χ1) is 9.86. The van der Waals surface area contributed by atoms with Crippen molar-refractivity contribution in [3.8, 4) is 5.88 Å². The maximum Gasteiger partial charge on any atom is 0.238 e. The Morgan fingerprint density at radius 1 is 0.952 bits per heavy atom. The molecule has 3 N–H and O–H groups in total. The zero-order valence-electron chi connectivity index (χ0n) is 10.5. The number of halogens is 5. The average Bonchev–Trinajstić information content (AvgIpc) is 2.49. The van der Waals surface area contributed by atoms with E-state index in [2.05, 4.69) is 4.98 Å². The van der Waals surface area contributed by atoms with Gasteiger partial charge >= 0.3 is 0 Å². The molecule has 1 aromatic carbocycles. The van der Waals surface area contributed by atoms with Gasteiger partial charge in [-0.2, -0.15) is 4.98 Å². The number of pyridine rings is 1. The summed E-state index contributed by atoms with van der Waals surface area (Å²) >= 11 is 0. The van der Waals surface area contributed by atoms with Crippen molar-refractivity contribution in [2.75, 3.05) is 18.2 Å². The van der Waals surface area contributed by atoms with Crippen molar-refractivity contribution in [1.82, 2.24) is 4.98 Å². The zero-order valence-corrected chi connectivity index (χ0v) is 10.5. The van der Waals surface area contributed by atoms with Crippen LogP contribution in [-0.2, 0) is 0 Å². The molecule has 1 aromatic heterocycles. The van der Waals surface area contributed by atoms with E-state index in [1.165, 1.54) is 19.2 Å². The number of methoxy groups -OCH3 is 1. The van der Waals surface area contributed by atoms with Crippen LogP contribution in [-0.4, -0.2) is 12.1 Å². The molecule has 0 atom stereocenters. The molecule has 0 saturated carbocycles. The van der Waals surface area contributed by atoms with Gasteiger partial charge in [-0.05, 0) is 12.1 Å². The van der Waals surface area contributed by atoms with Crippen molar-refractivity contribution < 1.29 is 26.7 Å². The first-order valence-electron chi connectivity index (χ1n) is 5.45. The summed E-state index contributed by atoms with van der Waals surface area (Å²) in [4.78, 5) is 3.72. The van der Waals surface area contributed by atoms with Gasteiger partial charge in [0.25, 0.3) is 0 Å². The first kappa shape index (κ1) is 14.8. The lowest BCUT2D eigenvalue weighted by atomic mass is 10.2. The Labute approximate surface area is 115 Å². The molecule has 2 aromatic rings. The van der Waals surface area contributed by atoms with Crippen molar-refractivity contribution in [2.24, 2.45) is 0 Å². The molecule has 0 saturated heterocycles. The lowest BCUT2D eigenvalue weighted by molar-refractivity contribution is 0.382. The van der Waals surface area contributed by atoms with Crippen LogP contribution < -0.4 is 15.8 Å². The topological polar surface area (TPSA) is 60.2 Å². The molecule has 112 valence electrons. The molecule has 0 aliphatic rings. The maximum atomic E-state index is 13.5. The highest BCUT2D eigenvalue weighted by Gasteiger charge is 2.26. The standard InChI is InChI=1S/C12H8F5N3O/c1-21-12-4(18)2-3-5(20-12)19-11-9(16)7(14)6(13)8(15)10(11)17/h2-3H,18H2,1H3,(H,19,20). The van der Waals surface area contributed by atoms with Crippen molar-refractivity contribution in [1.29, 1.82) is 0 Å². The molecule has 9 heteroatoms. The van der Waals surface area contributed by atoms with Gasteiger partial charge < -0.3 is 15.8 Å². The summed E-state index contributed by atoms with van der Waals surface area (Å²) in [5.74, 6) is -10.6. The molecule has 0 radical (unpaired) electrons. The van der Waals surface area contributed by atoms with Gasteiger partial charge in [0.2, 0.25) is 11.7 Å². The van der Waals surface area contributed by atoms with E-state index < -0.39 is 34.8 Å². The summed E-state index contributed by atoms with van der Waals surface area (Å²) in [5, 5.41) is 2.01. The normalized spacial score (nSPS) is 10.6. The molecular formula is C12H8F5N3O. The second-order valence-corrected chi connectivity index (χ2v) is 3.86. The van der Waals surface area contributed by atoms with Gasteiger partial charge in [-0.15, -0.1) is 0 Å². The highest BCUT2D eigenvalue weighted by atomic mass is 19.2. The van der Waals surface area contributed by atoms with Gasteiger partial charge in [0.15, 0.2) is 23.3 Å². The molecule has 0 aliphatic heterocycles. The monoisotopic (exact) mass is 305 g/mol. The molecule has 21 heavy (non-hydrogen) atoms. The van der Waals surface area contributed by atoms with Crippen molar-refractivity contribution in [3.05, 3.63) is 41.2 Å². The molecule has 1 heterocycles. The summed E-state index contributed by atoms with van der Waals surface area (Å²) in [7, 11) is 1.25. The number of aromatic nitrogens is 1. The number of nitrogens with one attached hydrogen (secondary N) is 1. The molecule has 0 unspecified atom stereocenters. The lowest BCUT2D eigenvalue weighted by Gasteiger charge is -2.11. The van der Waals surface area contributed by atoms with Crippen LogP contribution in [0.2, 0.25) is 0 Å². The number of nitrogens with zero attached hydrogens (tertiary/aromatic N) is 1. The van der Waals surface area contributed by atoms with Crippen LogP contribution in [0.3, 0.4) is 0 Å². The van der Waals surface area contributed by atoms with Crippen molar-refractivity contribution in [3.63, 3.8) is 0 Å². The predicted octanol–water partition coefficient (Wildman–Crippen LogP) is 3.11. The summed E-state index contributed by atoms with van der Waals surface area (Å²) in [5.41, 5.74) is 4.41. The Bertz CT molecular complexity index is 679. The number of anilines is 3. The number of hydrogen-bond donors (Lipinski definition) is 2. The van der Waals surface area contributed by atoms with Crippen LogP contribution in [0.1, 0.15) is 0 Å². The fraction of sp³-hybridized carbons (Fsp3) is 0.0833. The third kappa shape index (κ3) is 2.54. The fourth-order valence-electron chi connectivity index (χ4n) is 1.53. The van der Waals surface area contributed by atoms with Gasteiger partial charge in [0, 0.05) is 0 Å². The number of rotatable bonds is 3. The van der Waals surface area contributed by atoms with Crippen LogP contribution in [0.5, 0.6) is 5.88 Å². The molecule has 0 spiro atoms. The molecule has 0 fully saturated rings. The molecule has 0 aliphatic carbocycles. The first-order valence-corrected chi connectivity index (χ1v) is 5.45. The SMILES string of the molecule is COc1nc(Nc2c(F)c(F)c(F)c(F)c2F)ccc1N. The number of ether oxygens (including phenoxy) is 1. The second-order valence-electron chi connectivity index (χ2n) is 3.86. The highest BCUT2D eigenvalue weighted by Crippen LogP contribution is 2.30. The number of nitrogen functional groups attached to an aromatic ring is 1. The number of nitrogens with two attached hydrogens (primary N) is 1. The molecule has 0 bridgehead atoms. The summed E-state index contributed by atoms with van der Waals surface area (Å²) < 4.78 is 70.7. The van der Waals surface area contributed by atoms with Crippen molar-refractivity contribution >= 4 is 17.2 Å². The van der Waals surface area contributed by atoms with Gasteiger partial charge in [0.1, 0.15) is 11.5 Å². The van der Waals surface area contributed by atoms with E-state index in [0.29, 0.717) is 0 Å². The fourth-order valence-corrected chi connectivity index (χ4v) is 1.53. The summed E-state index contributed by atoms with van der Waals surface area (Å²) in [6.07, 6.45) is 0. The van der Waals surface area contributed by atoms with E-state index >= 15 is 0 Å². The van der Waals surface area contributed by atoms with Gasteiger partial charge in [-0.3, -0.25) is 0 Å². The second kappa shape index (κ2) is 5.43. The van der Waals surface area contributed by atoms with Gasteiger partial charge in [-0.25, -0.2) is 22.0 Å². The highest BCUT2D eigenvalue weighted by molar-refractivity contribution is 5.62. The van der Waals surface area contributed by atoms with Crippen LogP contribution in [0.25, 0.3) is 0 Å². The molecule has 0 amide bonds. The lowest BCUT2D eigenvalue weighted by Crippen LogP contribution is -2.08. The summed E-state index contributed by atoms with van der Waals surface area (Å²) in [6, 6.07) is 2.48. The quantitative estimate of drug-likeness (QED) is 0.520. The van der Waals surface area contributed by atoms with Gasteiger partial charge in [0.05, 0.1) is 12.8 Å². The number of hydrogen-bond acceptors (Lipinski definition) is 4. The predicted molar refractivity (Wildman–Crippen MR) is 64.7 cm³/mol. The van der Waals surface area contributed by atoms with E-state index in [1.807, 2.05) is 5.32 Å². The van der Waals surface area contributed by atoms with Crippen molar-refractivity contribution in [2.45, 2.75) is 0 Å². The van der Waals surface area contributed by atoms with E-state index in [4.69, 9.17) is 10.5 Å². The smallest absolute Gasteiger partial charge is 0.238 e. The third-order valence-electron chi connectivity index (χ3n) is 2.55. The van der Waals surface area contributed by atoms with E-state index in [0.717, 1.165) is 0 Å². The maximum absolute atomic E-state index is 13.5. The Kier molecular flexibility index (Phi) is 3.83. The number of benzene rings is 1. The molecule has 2 rings (SSSR count). The Balaban J connectivity index is 2.50. The molecule has 4 nitrogen and oxygen atoms in total.